The van der Waals surface area contributed by atoms with Gasteiger partial charge in [0.1, 0.15) is 6.54 Å². The maximum absolute atomic E-state index is 12.9. The SMILES string of the molecule is CN(C)C(=O)CN1C(=O)c2ccccc2Cc2ccccc21. The Hall–Kier alpha value is -2.62. The Bertz CT molecular complexity index is 737. The van der Waals surface area contributed by atoms with Crippen molar-refractivity contribution >= 4 is 17.5 Å². The van der Waals surface area contributed by atoms with E-state index in [-0.39, 0.29) is 18.4 Å². The molecule has 0 spiro atoms. The number of benzene rings is 2. The van der Waals surface area contributed by atoms with Crippen LogP contribution >= 0.6 is 0 Å². The Morgan fingerprint density at radius 3 is 2.41 bits per heavy atom. The third-order valence-electron chi connectivity index (χ3n) is 3.95. The van der Waals surface area contributed by atoms with E-state index in [4.69, 9.17) is 0 Å². The first-order valence-electron chi connectivity index (χ1n) is 7.26. The van der Waals surface area contributed by atoms with Gasteiger partial charge in [-0.2, -0.15) is 0 Å². The van der Waals surface area contributed by atoms with Crippen molar-refractivity contribution in [2.24, 2.45) is 0 Å². The topological polar surface area (TPSA) is 40.6 Å². The zero-order chi connectivity index (χ0) is 15.7. The summed E-state index contributed by atoms with van der Waals surface area (Å²) in [4.78, 5) is 28.1. The van der Waals surface area contributed by atoms with Gasteiger partial charge in [-0.1, -0.05) is 36.4 Å². The van der Waals surface area contributed by atoms with Crippen LogP contribution in [-0.4, -0.2) is 37.4 Å². The average Bonchev–Trinajstić information content (AvgIpc) is 2.63. The number of hydrogen-bond acceptors (Lipinski definition) is 2. The number of hydrogen-bond donors (Lipinski definition) is 0. The lowest BCUT2D eigenvalue weighted by atomic mass is 10.0. The Balaban J connectivity index is 2.11. The molecule has 112 valence electrons. The molecule has 0 unspecified atom stereocenters. The van der Waals surface area contributed by atoms with Crippen molar-refractivity contribution in [3.8, 4) is 0 Å². The van der Waals surface area contributed by atoms with E-state index in [1.807, 2.05) is 48.5 Å². The molecule has 0 saturated carbocycles. The monoisotopic (exact) mass is 294 g/mol. The summed E-state index contributed by atoms with van der Waals surface area (Å²) in [5.74, 6) is -0.210. The van der Waals surface area contributed by atoms with Gasteiger partial charge in [-0.3, -0.25) is 14.5 Å². The van der Waals surface area contributed by atoms with Gasteiger partial charge in [0.05, 0.1) is 0 Å². The van der Waals surface area contributed by atoms with Crippen LogP contribution in [0.3, 0.4) is 0 Å². The molecule has 2 aromatic carbocycles. The summed E-state index contributed by atoms with van der Waals surface area (Å²) in [5, 5.41) is 0. The smallest absolute Gasteiger partial charge is 0.259 e. The van der Waals surface area contributed by atoms with E-state index in [9.17, 15) is 9.59 Å². The average molecular weight is 294 g/mol. The molecule has 0 fully saturated rings. The van der Waals surface area contributed by atoms with Gasteiger partial charge in [-0.15, -0.1) is 0 Å². The molecule has 22 heavy (non-hydrogen) atoms. The van der Waals surface area contributed by atoms with Gasteiger partial charge in [0.15, 0.2) is 0 Å². The van der Waals surface area contributed by atoms with Gasteiger partial charge in [0.25, 0.3) is 5.91 Å². The maximum Gasteiger partial charge on any atom is 0.259 e. The van der Waals surface area contributed by atoms with Crippen LogP contribution in [0.25, 0.3) is 0 Å². The van der Waals surface area contributed by atoms with E-state index >= 15 is 0 Å². The largest absolute Gasteiger partial charge is 0.347 e. The van der Waals surface area contributed by atoms with E-state index < -0.39 is 0 Å². The lowest BCUT2D eigenvalue weighted by Gasteiger charge is -2.24. The number of fused-ring (bicyclic) bond motifs is 2. The highest BCUT2D eigenvalue weighted by atomic mass is 16.2. The third kappa shape index (κ3) is 2.48. The van der Waals surface area contributed by atoms with Crippen molar-refractivity contribution in [2.45, 2.75) is 6.42 Å². The number of carbonyl (C=O) groups is 2. The molecule has 3 rings (SSSR count). The first kappa shape index (κ1) is 14.3. The van der Waals surface area contributed by atoms with Crippen molar-refractivity contribution in [1.82, 2.24) is 4.90 Å². The molecule has 1 aliphatic heterocycles. The van der Waals surface area contributed by atoms with Crippen molar-refractivity contribution in [3.63, 3.8) is 0 Å². The summed E-state index contributed by atoms with van der Waals surface area (Å²) in [6, 6.07) is 15.4. The zero-order valence-corrected chi connectivity index (χ0v) is 12.7. The Morgan fingerprint density at radius 1 is 1.05 bits per heavy atom. The zero-order valence-electron chi connectivity index (χ0n) is 12.7. The fraction of sp³-hybridized carbons (Fsp3) is 0.222. The lowest BCUT2D eigenvalue weighted by molar-refractivity contribution is -0.127. The molecule has 0 N–H and O–H groups in total. The molecular weight excluding hydrogens is 276 g/mol. The van der Waals surface area contributed by atoms with Crippen LogP contribution in [0.5, 0.6) is 0 Å². The van der Waals surface area contributed by atoms with E-state index in [1.54, 1.807) is 19.0 Å². The molecule has 0 aromatic heterocycles. The van der Waals surface area contributed by atoms with Gasteiger partial charge in [0, 0.05) is 31.8 Å². The molecule has 1 heterocycles. The lowest BCUT2D eigenvalue weighted by Crippen LogP contribution is -2.40. The molecule has 4 nitrogen and oxygen atoms in total. The van der Waals surface area contributed by atoms with Gasteiger partial charge in [0.2, 0.25) is 5.91 Å². The second-order valence-corrected chi connectivity index (χ2v) is 5.64. The molecule has 0 radical (unpaired) electrons. The normalized spacial score (nSPS) is 13.2. The highest BCUT2D eigenvalue weighted by Crippen LogP contribution is 2.30. The van der Waals surface area contributed by atoms with Crippen molar-refractivity contribution < 1.29 is 9.59 Å². The second-order valence-electron chi connectivity index (χ2n) is 5.64. The predicted octanol–water partition coefficient (Wildman–Crippen LogP) is 2.33. The maximum atomic E-state index is 12.9. The third-order valence-corrected chi connectivity index (χ3v) is 3.95. The van der Waals surface area contributed by atoms with Crippen LogP contribution in [0.15, 0.2) is 48.5 Å². The van der Waals surface area contributed by atoms with E-state index in [0.717, 1.165) is 16.8 Å². The van der Waals surface area contributed by atoms with Crippen LogP contribution in [0.1, 0.15) is 21.5 Å². The number of carbonyl (C=O) groups excluding carboxylic acids is 2. The number of para-hydroxylation sites is 1. The van der Waals surface area contributed by atoms with Crippen LogP contribution in [-0.2, 0) is 11.2 Å². The molecule has 2 aromatic rings. The summed E-state index contributed by atoms with van der Waals surface area (Å²) >= 11 is 0. The number of rotatable bonds is 2. The Kier molecular flexibility index (Phi) is 3.67. The summed E-state index contributed by atoms with van der Waals surface area (Å²) in [7, 11) is 3.40. The Labute approximate surface area is 130 Å². The molecular formula is C18H18N2O2. The number of likely N-dealkylation sites (N-methyl/N-ethyl adjacent to an activating group) is 1. The minimum Gasteiger partial charge on any atom is -0.347 e. The molecule has 4 heteroatoms. The fourth-order valence-electron chi connectivity index (χ4n) is 2.70. The standard InChI is InChI=1S/C18H18N2O2/c1-19(2)17(21)12-20-16-10-6-4-8-14(16)11-13-7-3-5-9-15(13)18(20)22/h3-10H,11-12H2,1-2H3. The first-order chi connectivity index (χ1) is 10.6. The fourth-order valence-corrected chi connectivity index (χ4v) is 2.70. The second kappa shape index (κ2) is 5.64. The Morgan fingerprint density at radius 2 is 1.68 bits per heavy atom. The molecule has 0 saturated heterocycles. The van der Waals surface area contributed by atoms with Crippen LogP contribution < -0.4 is 4.90 Å². The molecule has 2 amide bonds. The first-order valence-corrected chi connectivity index (χ1v) is 7.26. The highest BCUT2D eigenvalue weighted by Gasteiger charge is 2.28. The van der Waals surface area contributed by atoms with Gasteiger partial charge in [-0.05, 0) is 23.3 Å². The van der Waals surface area contributed by atoms with Crippen LogP contribution in [0.2, 0.25) is 0 Å². The van der Waals surface area contributed by atoms with Crippen LogP contribution in [0.4, 0.5) is 5.69 Å². The van der Waals surface area contributed by atoms with Gasteiger partial charge < -0.3 is 4.90 Å². The van der Waals surface area contributed by atoms with Crippen LogP contribution in [0, 0.1) is 0 Å². The summed E-state index contributed by atoms with van der Waals surface area (Å²) < 4.78 is 0. The summed E-state index contributed by atoms with van der Waals surface area (Å²) in [5.41, 5.74) is 3.55. The molecule has 1 aliphatic rings. The number of nitrogens with zero attached hydrogens (tertiary/aromatic N) is 2. The minimum atomic E-state index is -0.115. The van der Waals surface area contributed by atoms with Crippen molar-refractivity contribution in [2.75, 3.05) is 25.5 Å². The number of amides is 2. The summed E-state index contributed by atoms with van der Waals surface area (Å²) in [6.07, 6.45) is 0.699. The highest BCUT2D eigenvalue weighted by molar-refractivity contribution is 6.10. The van der Waals surface area contributed by atoms with E-state index in [2.05, 4.69) is 0 Å². The quantitative estimate of drug-likeness (QED) is 0.853. The van der Waals surface area contributed by atoms with Gasteiger partial charge >= 0.3 is 0 Å². The van der Waals surface area contributed by atoms with Crippen molar-refractivity contribution in [1.29, 1.82) is 0 Å². The molecule has 0 atom stereocenters. The summed E-state index contributed by atoms with van der Waals surface area (Å²) in [6.45, 7) is 0.0528. The molecule has 0 bridgehead atoms. The van der Waals surface area contributed by atoms with E-state index in [1.165, 1.54) is 4.90 Å². The van der Waals surface area contributed by atoms with Gasteiger partial charge in [-0.25, -0.2) is 0 Å². The molecule has 0 aliphatic carbocycles. The van der Waals surface area contributed by atoms with E-state index in [0.29, 0.717) is 12.0 Å². The number of anilines is 1. The minimum absolute atomic E-state index is 0.0528. The predicted molar refractivity (Wildman–Crippen MR) is 86.1 cm³/mol. The van der Waals surface area contributed by atoms with Crippen molar-refractivity contribution in [3.05, 3.63) is 65.2 Å².